The first kappa shape index (κ1) is 9.15. The van der Waals surface area contributed by atoms with Crippen LogP contribution in [-0.2, 0) is 14.3 Å². The average Bonchev–Trinajstić information content (AvgIpc) is 2.07. The van der Waals surface area contributed by atoms with Crippen molar-refractivity contribution in [2.75, 3.05) is 19.8 Å². The van der Waals surface area contributed by atoms with Gasteiger partial charge in [0.05, 0.1) is 19.8 Å². The van der Waals surface area contributed by atoms with Crippen molar-refractivity contribution in [1.29, 1.82) is 0 Å². The third kappa shape index (κ3) is 2.02. The lowest BCUT2D eigenvalue weighted by Crippen LogP contribution is -2.38. The van der Waals surface area contributed by atoms with E-state index in [0.717, 1.165) is 0 Å². The Morgan fingerprint density at radius 2 is 2.33 bits per heavy atom. The van der Waals surface area contributed by atoms with E-state index in [4.69, 9.17) is 14.7 Å². The van der Waals surface area contributed by atoms with E-state index in [1.807, 2.05) is 0 Å². The molecule has 5 heteroatoms. The van der Waals surface area contributed by atoms with E-state index in [1.54, 1.807) is 0 Å². The molecule has 0 amide bonds. The molecule has 1 aliphatic rings. The van der Waals surface area contributed by atoms with E-state index in [1.165, 1.54) is 6.92 Å². The topological polar surface area (TPSA) is 68.1 Å². The normalized spacial score (nSPS) is 25.4. The molecule has 68 valence electrons. The zero-order valence-electron chi connectivity index (χ0n) is 6.82. The first-order chi connectivity index (χ1) is 5.75. The molecule has 0 aromatic heterocycles. The van der Waals surface area contributed by atoms with Gasteiger partial charge in [0.15, 0.2) is 11.5 Å². The molecule has 1 rings (SSSR count). The van der Waals surface area contributed by atoms with Gasteiger partial charge in [0.25, 0.3) is 0 Å². The van der Waals surface area contributed by atoms with Gasteiger partial charge >= 0.3 is 0 Å². The molecule has 0 saturated carbocycles. The Morgan fingerprint density at radius 3 is 2.75 bits per heavy atom. The van der Waals surface area contributed by atoms with Crippen molar-refractivity contribution in [1.82, 2.24) is 0 Å². The summed E-state index contributed by atoms with van der Waals surface area (Å²) in [5.74, 6) is -0.298. The van der Waals surface area contributed by atoms with Gasteiger partial charge in [-0.1, -0.05) is 5.16 Å². The molecule has 0 radical (unpaired) electrons. The summed E-state index contributed by atoms with van der Waals surface area (Å²) in [5, 5.41) is 11.4. The lowest BCUT2D eigenvalue weighted by atomic mass is 10.1. The van der Waals surface area contributed by atoms with Gasteiger partial charge in [0.1, 0.15) is 6.10 Å². The van der Waals surface area contributed by atoms with Crippen LogP contribution < -0.4 is 0 Å². The largest absolute Gasteiger partial charge is 0.410 e. The maximum absolute atomic E-state index is 10.8. The number of carbonyl (C=O) groups excluding carboxylic acids is 1. The standard InChI is InChI=1S/C7H11NO4/c1-5(9)7(8-10)6-4-11-2-3-12-6/h6,10H,2-4H2,1H3/b8-7-. The van der Waals surface area contributed by atoms with E-state index in [9.17, 15) is 4.79 Å². The number of ether oxygens (including phenoxy) is 2. The summed E-state index contributed by atoms with van der Waals surface area (Å²) in [7, 11) is 0. The van der Waals surface area contributed by atoms with E-state index in [0.29, 0.717) is 13.2 Å². The number of Topliss-reactive ketones (excluding diaryl/α,β-unsaturated/α-hetero) is 1. The molecule has 12 heavy (non-hydrogen) atoms. The van der Waals surface area contributed by atoms with Gasteiger partial charge in [-0.3, -0.25) is 4.79 Å². The van der Waals surface area contributed by atoms with Gasteiger partial charge in [0, 0.05) is 6.92 Å². The predicted molar refractivity (Wildman–Crippen MR) is 40.5 cm³/mol. The van der Waals surface area contributed by atoms with E-state index < -0.39 is 6.10 Å². The van der Waals surface area contributed by atoms with Gasteiger partial charge in [-0.05, 0) is 0 Å². The highest BCUT2D eigenvalue weighted by Gasteiger charge is 2.24. The van der Waals surface area contributed by atoms with Crippen LogP contribution in [0.15, 0.2) is 5.16 Å². The van der Waals surface area contributed by atoms with Crippen LogP contribution >= 0.6 is 0 Å². The van der Waals surface area contributed by atoms with E-state index >= 15 is 0 Å². The zero-order chi connectivity index (χ0) is 8.97. The van der Waals surface area contributed by atoms with Crippen LogP contribution in [-0.4, -0.2) is 42.6 Å². The summed E-state index contributed by atoms with van der Waals surface area (Å²) in [6.45, 7) is 2.55. The predicted octanol–water partition coefficient (Wildman–Crippen LogP) is -0.179. The summed E-state index contributed by atoms with van der Waals surface area (Å²) in [5.41, 5.74) is 0.0229. The molecule has 0 spiro atoms. The SMILES string of the molecule is CC(=O)/C(=N/O)C1COCCO1. The Morgan fingerprint density at radius 1 is 1.58 bits per heavy atom. The Kier molecular flexibility index (Phi) is 3.19. The number of ketones is 1. The summed E-state index contributed by atoms with van der Waals surface area (Å²) in [6.07, 6.45) is -0.513. The Bertz CT molecular complexity index is 196. The van der Waals surface area contributed by atoms with Gasteiger partial charge in [-0.2, -0.15) is 0 Å². The van der Waals surface area contributed by atoms with Crippen LogP contribution in [0.1, 0.15) is 6.92 Å². The molecule has 1 heterocycles. The fourth-order valence-electron chi connectivity index (χ4n) is 1.01. The van der Waals surface area contributed by atoms with Crippen LogP contribution in [0.5, 0.6) is 0 Å². The van der Waals surface area contributed by atoms with Crippen molar-refractivity contribution in [3.8, 4) is 0 Å². The van der Waals surface area contributed by atoms with Crippen molar-refractivity contribution in [3.63, 3.8) is 0 Å². The molecular weight excluding hydrogens is 162 g/mol. The number of rotatable bonds is 2. The van der Waals surface area contributed by atoms with Gasteiger partial charge in [-0.25, -0.2) is 0 Å². The average molecular weight is 173 g/mol. The molecule has 0 aromatic rings. The van der Waals surface area contributed by atoms with E-state index in [-0.39, 0.29) is 18.1 Å². The monoisotopic (exact) mass is 173 g/mol. The number of hydrogen-bond donors (Lipinski definition) is 1. The van der Waals surface area contributed by atoms with Crippen molar-refractivity contribution in [2.45, 2.75) is 13.0 Å². The summed E-state index contributed by atoms with van der Waals surface area (Å²) < 4.78 is 10.2. The molecule has 1 fully saturated rings. The molecule has 1 N–H and O–H groups in total. The van der Waals surface area contributed by atoms with Crippen molar-refractivity contribution in [3.05, 3.63) is 0 Å². The Balaban J connectivity index is 2.59. The third-order valence-corrected chi connectivity index (χ3v) is 1.59. The van der Waals surface area contributed by atoms with Crippen molar-refractivity contribution in [2.24, 2.45) is 5.16 Å². The van der Waals surface area contributed by atoms with Crippen LogP contribution in [0.2, 0.25) is 0 Å². The van der Waals surface area contributed by atoms with Crippen LogP contribution in [0.25, 0.3) is 0 Å². The second-order valence-electron chi connectivity index (χ2n) is 2.48. The van der Waals surface area contributed by atoms with Crippen LogP contribution in [0.4, 0.5) is 0 Å². The van der Waals surface area contributed by atoms with Crippen molar-refractivity contribution >= 4 is 11.5 Å². The molecule has 0 aromatic carbocycles. The summed E-state index contributed by atoms with van der Waals surface area (Å²) in [6, 6.07) is 0. The second-order valence-corrected chi connectivity index (χ2v) is 2.48. The quantitative estimate of drug-likeness (QED) is 0.357. The molecule has 1 aliphatic heterocycles. The minimum Gasteiger partial charge on any atom is -0.410 e. The first-order valence-corrected chi connectivity index (χ1v) is 3.68. The van der Waals surface area contributed by atoms with Gasteiger partial charge in [-0.15, -0.1) is 0 Å². The van der Waals surface area contributed by atoms with E-state index in [2.05, 4.69) is 5.16 Å². The molecule has 5 nitrogen and oxygen atoms in total. The number of oxime groups is 1. The fourth-order valence-corrected chi connectivity index (χ4v) is 1.01. The van der Waals surface area contributed by atoms with Crippen LogP contribution in [0.3, 0.4) is 0 Å². The van der Waals surface area contributed by atoms with Gasteiger partial charge in [0.2, 0.25) is 0 Å². The molecule has 0 aliphatic carbocycles. The second kappa shape index (κ2) is 4.18. The Hall–Kier alpha value is -0.940. The summed E-state index contributed by atoms with van der Waals surface area (Å²) in [4.78, 5) is 10.8. The number of carbonyl (C=O) groups is 1. The highest BCUT2D eigenvalue weighted by atomic mass is 16.6. The van der Waals surface area contributed by atoms with Crippen LogP contribution in [0, 0.1) is 0 Å². The molecule has 1 saturated heterocycles. The van der Waals surface area contributed by atoms with Gasteiger partial charge < -0.3 is 14.7 Å². The molecule has 1 atom stereocenters. The maximum Gasteiger partial charge on any atom is 0.180 e. The molecular formula is C7H11NO4. The highest BCUT2D eigenvalue weighted by molar-refractivity contribution is 6.40. The van der Waals surface area contributed by atoms with Crippen molar-refractivity contribution < 1.29 is 19.5 Å². The number of nitrogens with zero attached hydrogens (tertiary/aromatic N) is 1. The lowest BCUT2D eigenvalue weighted by molar-refractivity contribution is -0.113. The highest BCUT2D eigenvalue weighted by Crippen LogP contribution is 2.03. The first-order valence-electron chi connectivity index (χ1n) is 3.68. The Labute approximate surface area is 70.0 Å². The molecule has 0 bridgehead atoms. The molecule has 1 unspecified atom stereocenters. The smallest absolute Gasteiger partial charge is 0.180 e. The third-order valence-electron chi connectivity index (χ3n) is 1.59. The fraction of sp³-hybridized carbons (Fsp3) is 0.714. The maximum atomic E-state index is 10.8. The minimum absolute atomic E-state index is 0.0229. The number of hydrogen-bond acceptors (Lipinski definition) is 5. The minimum atomic E-state index is -0.513. The zero-order valence-corrected chi connectivity index (χ0v) is 6.82. The summed E-state index contributed by atoms with van der Waals surface area (Å²) >= 11 is 0. The lowest BCUT2D eigenvalue weighted by Gasteiger charge is -2.22.